The number of aryl methyl sites for hydroxylation is 1. The monoisotopic (exact) mass is 226 g/mol. The first-order chi connectivity index (χ1) is 7.11. The molecule has 1 aromatic heterocycles. The van der Waals surface area contributed by atoms with Crippen LogP contribution in [0.3, 0.4) is 0 Å². The van der Waals surface area contributed by atoms with Gasteiger partial charge in [-0.1, -0.05) is 23.8 Å². The van der Waals surface area contributed by atoms with Crippen LogP contribution in [0, 0.1) is 6.92 Å². The van der Waals surface area contributed by atoms with Crippen molar-refractivity contribution >= 4 is 17.6 Å². The number of oxime groups is 1. The number of aromatic nitrogens is 2. The fraction of sp³-hybridized carbons (Fsp3) is 0.444. The molecule has 0 aromatic carbocycles. The Balaban J connectivity index is 2.51. The van der Waals surface area contributed by atoms with Gasteiger partial charge in [0.1, 0.15) is 5.84 Å². The highest BCUT2D eigenvalue weighted by Crippen LogP contribution is 2.20. The Bertz CT molecular complexity index is 338. The number of hydrogen-bond acceptors (Lipinski definition) is 5. The average molecular weight is 226 g/mol. The van der Waals surface area contributed by atoms with E-state index in [1.165, 1.54) is 11.8 Å². The third kappa shape index (κ3) is 4.16. The summed E-state index contributed by atoms with van der Waals surface area (Å²) in [5.41, 5.74) is 6.43. The normalized spacial score (nSPS) is 13.9. The summed E-state index contributed by atoms with van der Waals surface area (Å²) in [5, 5.41) is 12.2. The maximum atomic E-state index is 8.41. The number of rotatable bonds is 4. The van der Waals surface area contributed by atoms with Crippen molar-refractivity contribution in [2.75, 3.05) is 0 Å². The minimum atomic E-state index is 0.184. The SMILES string of the molecule is Cc1cnc(SC(C)C/C(N)=N/O)nc1. The van der Waals surface area contributed by atoms with Gasteiger partial charge in [0, 0.05) is 24.1 Å². The molecule has 3 N–H and O–H groups in total. The standard InChI is InChI=1S/C9H14N4OS/c1-6-4-11-9(12-5-6)15-7(2)3-8(10)13-14/h4-5,7,14H,3H2,1-2H3,(H2,10,13). The molecular weight excluding hydrogens is 212 g/mol. The summed E-state index contributed by atoms with van der Waals surface area (Å²) in [5.74, 6) is 0.224. The second kappa shape index (κ2) is 5.55. The van der Waals surface area contributed by atoms with Crippen LogP contribution in [0.4, 0.5) is 0 Å². The number of hydrogen-bond donors (Lipinski definition) is 2. The second-order valence-corrected chi connectivity index (χ2v) is 4.67. The summed E-state index contributed by atoms with van der Waals surface area (Å²) in [6.07, 6.45) is 4.05. The highest BCUT2D eigenvalue weighted by Gasteiger charge is 2.08. The number of amidine groups is 1. The van der Waals surface area contributed by atoms with E-state index in [0.29, 0.717) is 11.6 Å². The zero-order valence-electron chi connectivity index (χ0n) is 8.71. The molecule has 0 aliphatic rings. The van der Waals surface area contributed by atoms with Crippen molar-refractivity contribution in [2.45, 2.75) is 30.7 Å². The van der Waals surface area contributed by atoms with Crippen LogP contribution < -0.4 is 5.73 Å². The molecule has 0 bridgehead atoms. The van der Waals surface area contributed by atoms with Crippen molar-refractivity contribution in [3.8, 4) is 0 Å². The molecule has 0 spiro atoms. The summed E-state index contributed by atoms with van der Waals surface area (Å²) >= 11 is 1.50. The number of nitrogens with two attached hydrogens (primary N) is 1. The first-order valence-corrected chi connectivity index (χ1v) is 5.41. The molecule has 82 valence electrons. The highest BCUT2D eigenvalue weighted by atomic mass is 32.2. The lowest BCUT2D eigenvalue weighted by Gasteiger charge is -2.08. The molecule has 1 aromatic rings. The molecule has 0 amide bonds. The largest absolute Gasteiger partial charge is 0.409 e. The molecule has 1 unspecified atom stereocenters. The van der Waals surface area contributed by atoms with Gasteiger partial charge in [-0.2, -0.15) is 0 Å². The molecule has 0 saturated heterocycles. The van der Waals surface area contributed by atoms with Crippen LogP contribution in [0.2, 0.25) is 0 Å². The van der Waals surface area contributed by atoms with Gasteiger partial charge in [0.15, 0.2) is 5.16 Å². The summed E-state index contributed by atoms with van der Waals surface area (Å²) in [6, 6.07) is 0. The van der Waals surface area contributed by atoms with Gasteiger partial charge in [-0.25, -0.2) is 9.97 Å². The minimum Gasteiger partial charge on any atom is -0.409 e. The van der Waals surface area contributed by atoms with Gasteiger partial charge in [-0.3, -0.25) is 0 Å². The van der Waals surface area contributed by atoms with Crippen molar-refractivity contribution in [1.29, 1.82) is 0 Å². The zero-order valence-corrected chi connectivity index (χ0v) is 9.53. The summed E-state index contributed by atoms with van der Waals surface area (Å²) in [4.78, 5) is 8.32. The van der Waals surface area contributed by atoms with E-state index in [1.54, 1.807) is 12.4 Å². The maximum Gasteiger partial charge on any atom is 0.187 e. The van der Waals surface area contributed by atoms with E-state index >= 15 is 0 Å². The van der Waals surface area contributed by atoms with Crippen LogP contribution in [0.5, 0.6) is 0 Å². The van der Waals surface area contributed by atoms with Crippen molar-refractivity contribution in [2.24, 2.45) is 10.9 Å². The molecule has 15 heavy (non-hydrogen) atoms. The Morgan fingerprint density at radius 1 is 1.60 bits per heavy atom. The van der Waals surface area contributed by atoms with Crippen LogP contribution in [-0.4, -0.2) is 26.3 Å². The molecule has 0 radical (unpaired) electrons. The molecular formula is C9H14N4OS. The van der Waals surface area contributed by atoms with Gasteiger partial charge in [0.2, 0.25) is 0 Å². The van der Waals surface area contributed by atoms with E-state index < -0.39 is 0 Å². The Morgan fingerprint density at radius 2 is 2.20 bits per heavy atom. The van der Waals surface area contributed by atoms with Crippen LogP contribution >= 0.6 is 11.8 Å². The topological polar surface area (TPSA) is 84.4 Å². The summed E-state index contributed by atoms with van der Waals surface area (Å²) < 4.78 is 0. The van der Waals surface area contributed by atoms with Gasteiger partial charge in [-0.05, 0) is 12.5 Å². The molecule has 0 aliphatic carbocycles. The first kappa shape index (κ1) is 11.8. The fourth-order valence-electron chi connectivity index (χ4n) is 0.999. The average Bonchev–Trinajstić information content (AvgIpc) is 2.21. The van der Waals surface area contributed by atoms with Crippen LogP contribution in [0.25, 0.3) is 0 Å². The second-order valence-electron chi connectivity index (χ2n) is 3.27. The molecule has 5 nitrogen and oxygen atoms in total. The Labute approximate surface area is 92.8 Å². The van der Waals surface area contributed by atoms with Crippen LogP contribution in [0.15, 0.2) is 22.7 Å². The molecule has 1 atom stereocenters. The quantitative estimate of drug-likeness (QED) is 0.202. The van der Waals surface area contributed by atoms with Crippen molar-refractivity contribution < 1.29 is 5.21 Å². The lowest BCUT2D eigenvalue weighted by molar-refractivity contribution is 0.317. The summed E-state index contributed by atoms with van der Waals surface area (Å²) in [7, 11) is 0. The van der Waals surface area contributed by atoms with E-state index in [0.717, 1.165) is 5.56 Å². The molecule has 1 heterocycles. The molecule has 0 saturated carbocycles. The van der Waals surface area contributed by atoms with Gasteiger partial charge >= 0.3 is 0 Å². The van der Waals surface area contributed by atoms with Crippen LogP contribution in [0.1, 0.15) is 18.9 Å². The van der Waals surface area contributed by atoms with Crippen molar-refractivity contribution in [1.82, 2.24) is 9.97 Å². The number of nitrogens with zero attached hydrogens (tertiary/aromatic N) is 3. The molecule has 6 heteroatoms. The lowest BCUT2D eigenvalue weighted by atomic mass is 10.3. The zero-order chi connectivity index (χ0) is 11.3. The van der Waals surface area contributed by atoms with Crippen molar-refractivity contribution in [3.05, 3.63) is 18.0 Å². The Morgan fingerprint density at radius 3 is 2.73 bits per heavy atom. The van der Waals surface area contributed by atoms with E-state index in [1.807, 2.05) is 13.8 Å². The minimum absolute atomic E-state index is 0.184. The predicted octanol–water partition coefficient (Wildman–Crippen LogP) is 1.40. The third-order valence-corrected chi connectivity index (χ3v) is 2.68. The van der Waals surface area contributed by atoms with E-state index in [9.17, 15) is 0 Å². The molecule has 1 rings (SSSR count). The third-order valence-electron chi connectivity index (χ3n) is 1.69. The number of thioether (sulfide) groups is 1. The summed E-state index contributed by atoms with van der Waals surface area (Å²) in [6.45, 7) is 3.92. The van der Waals surface area contributed by atoms with E-state index in [2.05, 4.69) is 15.1 Å². The fourth-order valence-corrected chi connectivity index (χ4v) is 1.84. The van der Waals surface area contributed by atoms with Crippen molar-refractivity contribution in [3.63, 3.8) is 0 Å². The van der Waals surface area contributed by atoms with Crippen LogP contribution in [-0.2, 0) is 0 Å². The smallest absolute Gasteiger partial charge is 0.187 e. The molecule has 0 fully saturated rings. The Hall–Kier alpha value is -1.30. The lowest BCUT2D eigenvalue weighted by Crippen LogP contribution is -2.16. The maximum absolute atomic E-state index is 8.41. The van der Waals surface area contributed by atoms with E-state index in [4.69, 9.17) is 10.9 Å². The predicted molar refractivity (Wildman–Crippen MR) is 60.1 cm³/mol. The van der Waals surface area contributed by atoms with Gasteiger partial charge in [-0.15, -0.1) is 0 Å². The van der Waals surface area contributed by atoms with Gasteiger partial charge in [0.05, 0.1) is 0 Å². The van der Waals surface area contributed by atoms with Gasteiger partial charge in [0.25, 0.3) is 0 Å². The molecule has 0 aliphatic heterocycles. The van der Waals surface area contributed by atoms with E-state index in [-0.39, 0.29) is 11.1 Å². The first-order valence-electron chi connectivity index (χ1n) is 4.53. The highest BCUT2D eigenvalue weighted by molar-refractivity contribution is 7.99. The Kier molecular flexibility index (Phi) is 4.36. The van der Waals surface area contributed by atoms with Gasteiger partial charge < -0.3 is 10.9 Å².